The molecule has 1 aliphatic rings. The van der Waals surface area contributed by atoms with Gasteiger partial charge in [-0.15, -0.1) is 0 Å². The van der Waals surface area contributed by atoms with Crippen LogP contribution in [0.4, 0.5) is 0 Å². The van der Waals surface area contributed by atoms with Crippen molar-refractivity contribution in [3.05, 3.63) is 18.3 Å². The van der Waals surface area contributed by atoms with Gasteiger partial charge in [0.1, 0.15) is 0 Å². The molecule has 0 aromatic carbocycles. The van der Waals surface area contributed by atoms with E-state index in [0.717, 1.165) is 0 Å². The summed E-state index contributed by atoms with van der Waals surface area (Å²) < 4.78 is 5.13. The Hall–Kier alpha value is -1.73. The van der Waals surface area contributed by atoms with Gasteiger partial charge in [-0.05, 0) is 6.42 Å². The second kappa shape index (κ2) is 3.69. The molecule has 3 N–H and O–H groups in total. The van der Waals surface area contributed by atoms with Crippen LogP contribution in [0.25, 0.3) is 11.6 Å². The lowest BCUT2D eigenvalue weighted by Crippen LogP contribution is -2.15. The maximum absolute atomic E-state index is 9.38. The van der Waals surface area contributed by atoms with E-state index in [4.69, 9.17) is 4.52 Å². The van der Waals surface area contributed by atoms with Crippen LogP contribution in [0.3, 0.4) is 0 Å². The van der Waals surface area contributed by atoms with Crippen LogP contribution in [-0.4, -0.2) is 37.9 Å². The quantitative estimate of drug-likeness (QED) is 0.652. The van der Waals surface area contributed by atoms with E-state index in [1.807, 2.05) is 0 Å². The first-order chi connectivity index (χ1) is 7.83. The van der Waals surface area contributed by atoms with Gasteiger partial charge in [0.05, 0.1) is 12.1 Å². The number of nitrogens with zero attached hydrogens (tertiary/aromatic N) is 3. The highest BCUT2D eigenvalue weighted by molar-refractivity contribution is 5.40. The van der Waals surface area contributed by atoms with E-state index in [9.17, 15) is 5.11 Å². The van der Waals surface area contributed by atoms with Gasteiger partial charge in [0, 0.05) is 18.9 Å². The molecule has 1 aliphatic heterocycles. The first-order valence-electron chi connectivity index (χ1n) is 5.08. The lowest BCUT2D eigenvalue weighted by molar-refractivity contribution is 0.191. The van der Waals surface area contributed by atoms with Gasteiger partial charge in [0.2, 0.25) is 11.7 Å². The number of β-amino-alcohol motifs (C(OH)–C–C–N with tert-alkyl or cyclic N) is 1. The minimum Gasteiger partial charge on any atom is -0.392 e. The molecule has 2 aromatic heterocycles. The lowest BCUT2D eigenvalue weighted by atomic mass is 10.2. The van der Waals surface area contributed by atoms with Crippen LogP contribution in [0.5, 0.6) is 0 Å². The van der Waals surface area contributed by atoms with E-state index >= 15 is 0 Å². The lowest BCUT2D eigenvalue weighted by Gasteiger charge is -2.01. The Morgan fingerprint density at radius 2 is 2.44 bits per heavy atom. The van der Waals surface area contributed by atoms with Crippen molar-refractivity contribution >= 4 is 0 Å². The molecule has 7 nitrogen and oxygen atoms in total. The van der Waals surface area contributed by atoms with Crippen molar-refractivity contribution in [1.82, 2.24) is 25.4 Å². The third kappa shape index (κ3) is 1.59. The molecule has 0 unspecified atom stereocenters. The van der Waals surface area contributed by atoms with E-state index in [0.29, 0.717) is 30.5 Å². The molecule has 0 radical (unpaired) electrons. The van der Waals surface area contributed by atoms with Crippen molar-refractivity contribution in [1.29, 1.82) is 0 Å². The third-order valence-electron chi connectivity index (χ3n) is 2.56. The average molecular weight is 221 g/mol. The van der Waals surface area contributed by atoms with E-state index < -0.39 is 0 Å². The first kappa shape index (κ1) is 9.49. The molecule has 0 saturated carbocycles. The number of aromatic amines is 1. The second-order valence-electron chi connectivity index (χ2n) is 3.74. The molecule has 3 rings (SSSR count). The molecule has 0 bridgehead atoms. The standard InChI is InChI=1S/C9H11N5O2/c15-5-3-6(12-4-5)9-13-8(14-16-9)7-10-1-2-11-7/h1-2,5-6,12,15H,3-4H2,(H,10,11)/t5-,6+/m0/s1. The summed E-state index contributed by atoms with van der Waals surface area (Å²) in [6.45, 7) is 0.559. The average Bonchev–Trinajstić information content (AvgIpc) is 2.97. The molecule has 1 saturated heterocycles. The Bertz CT molecular complexity index is 466. The molecule has 1 fully saturated rings. The molecule has 0 aliphatic carbocycles. The van der Waals surface area contributed by atoms with Crippen LogP contribution in [0, 0.1) is 0 Å². The van der Waals surface area contributed by atoms with Gasteiger partial charge in [-0.3, -0.25) is 0 Å². The van der Waals surface area contributed by atoms with E-state index in [1.54, 1.807) is 12.4 Å². The number of imidazole rings is 1. The Morgan fingerprint density at radius 3 is 3.12 bits per heavy atom. The number of hydrogen-bond acceptors (Lipinski definition) is 6. The second-order valence-corrected chi connectivity index (χ2v) is 3.74. The minimum absolute atomic E-state index is 0.0637. The highest BCUT2D eigenvalue weighted by Crippen LogP contribution is 2.23. The number of rotatable bonds is 2. The van der Waals surface area contributed by atoms with Crippen LogP contribution in [0.2, 0.25) is 0 Å². The van der Waals surface area contributed by atoms with E-state index in [-0.39, 0.29) is 12.1 Å². The van der Waals surface area contributed by atoms with Gasteiger partial charge in [0.25, 0.3) is 0 Å². The Balaban J connectivity index is 1.83. The Morgan fingerprint density at radius 1 is 1.50 bits per heavy atom. The largest absolute Gasteiger partial charge is 0.392 e. The normalized spacial score (nSPS) is 25.1. The SMILES string of the molecule is O[C@@H]1CN[C@@H](c2nc(-c3ncc[nH]3)no2)C1. The summed E-state index contributed by atoms with van der Waals surface area (Å²) in [4.78, 5) is 11.2. The fourth-order valence-corrected chi connectivity index (χ4v) is 1.77. The maximum Gasteiger partial charge on any atom is 0.244 e. The Labute approximate surface area is 90.9 Å². The number of nitrogens with one attached hydrogen (secondary N) is 2. The van der Waals surface area contributed by atoms with Crippen molar-refractivity contribution < 1.29 is 9.63 Å². The van der Waals surface area contributed by atoms with E-state index in [1.165, 1.54) is 0 Å². The van der Waals surface area contributed by atoms with Crippen molar-refractivity contribution in [2.45, 2.75) is 18.6 Å². The number of aromatic nitrogens is 4. The van der Waals surface area contributed by atoms with Gasteiger partial charge >= 0.3 is 0 Å². The predicted octanol–water partition coefficient (Wildman–Crippen LogP) is -0.145. The fraction of sp³-hybridized carbons (Fsp3) is 0.444. The molecular weight excluding hydrogens is 210 g/mol. The molecule has 2 aromatic rings. The summed E-state index contributed by atoms with van der Waals surface area (Å²) in [6.07, 6.45) is 3.58. The zero-order chi connectivity index (χ0) is 11.0. The summed E-state index contributed by atoms with van der Waals surface area (Å²) >= 11 is 0. The maximum atomic E-state index is 9.38. The summed E-state index contributed by atoms with van der Waals surface area (Å²) in [5.74, 6) is 1.50. The van der Waals surface area contributed by atoms with Gasteiger partial charge < -0.3 is 19.9 Å². The molecular formula is C9H11N5O2. The molecule has 3 heterocycles. The molecule has 16 heavy (non-hydrogen) atoms. The molecule has 2 atom stereocenters. The summed E-state index contributed by atoms with van der Waals surface area (Å²) in [5.41, 5.74) is 0. The zero-order valence-electron chi connectivity index (χ0n) is 8.42. The predicted molar refractivity (Wildman–Crippen MR) is 53.2 cm³/mol. The third-order valence-corrected chi connectivity index (χ3v) is 2.56. The number of aliphatic hydroxyl groups excluding tert-OH is 1. The Kier molecular flexibility index (Phi) is 2.19. The van der Waals surface area contributed by atoms with Gasteiger partial charge in [-0.25, -0.2) is 4.98 Å². The molecule has 7 heteroatoms. The zero-order valence-corrected chi connectivity index (χ0v) is 8.42. The van der Waals surface area contributed by atoms with Crippen molar-refractivity contribution in [2.75, 3.05) is 6.54 Å². The van der Waals surface area contributed by atoms with Crippen molar-refractivity contribution in [3.8, 4) is 11.6 Å². The minimum atomic E-state index is -0.344. The summed E-state index contributed by atoms with van der Waals surface area (Å²) in [6, 6.07) is -0.0637. The first-order valence-corrected chi connectivity index (χ1v) is 5.08. The number of aliphatic hydroxyl groups is 1. The van der Waals surface area contributed by atoms with Crippen LogP contribution < -0.4 is 5.32 Å². The van der Waals surface area contributed by atoms with Gasteiger partial charge in [-0.2, -0.15) is 4.98 Å². The summed E-state index contributed by atoms with van der Waals surface area (Å²) in [7, 11) is 0. The van der Waals surface area contributed by atoms with E-state index in [2.05, 4.69) is 25.4 Å². The number of H-pyrrole nitrogens is 1. The van der Waals surface area contributed by atoms with Crippen molar-refractivity contribution in [2.24, 2.45) is 0 Å². The monoisotopic (exact) mass is 221 g/mol. The summed E-state index contributed by atoms with van der Waals surface area (Å²) in [5, 5.41) is 16.3. The smallest absolute Gasteiger partial charge is 0.244 e. The van der Waals surface area contributed by atoms with Gasteiger partial charge in [0.15, 0.2) is 5.82 Å². The number of hydrogen-bond donors (Lipinski definition) is 3. The molecule has 84 valence electrons. The fourth-order valence-electron chi connectivity index (χ4n) is 1.77. The van der Waals surface area contributed by atoms with Crippen LogP contribution in [-0.2, 0) is 0 Å². The molecule has 0 amide bonds. The van der Waals surface area contributed by atoms with Crippen LogP contribution in [0.1, 0.15) is 18.4 Å². The van der Waals surface area contributed by atoms with Gasteiger partial charge in [-0.1, -0.05) is 5.16 Å². The topological polar surface area (TPSA) is 99.9 Å². The highest BCUT2D eigenvalue weighted by Gasteiger charge is 2.28. The van der Waals surface area contributed by atoms with Crippen LogP contribution >= 0.6 is 0 Å². The highest BCUT2D eigenvalue weighted by atomic mass is 16.5. The van der Waals surface area contributed by atoms with Crippen LogP contribution in [0.15, 0.2) is 16.9 Å². The van der Waals surface area contributed by atoms with Crippen molar-refractivity contribution in [3.63, 3.8) is 0 Å². The molecule has 0 spiro atoms.